The lowest BCUT2D eigenvalue weighted by atomic mass is 9.57. The van der Waals surface area contributed by atoms with Crippen molar-refractivity contribution in [2.75, 3.05) is 24.6 Å². The highest BCUT2D eigenvalue weighted by Gasteiger charge is 2.67. The van der Waals surface area contributed by atoms with Gasteiger partial charge in [-0.15, -0.1) is 0 Å². The molecular weight excluding hydrogens is 412 g/mol. The third-order valence-corrected chi connectivity index (χ3v) is 14.1. The molecule has 4 aliphatic heterocycles. The van der Waals surface area contributed by atoms with Crippen molar-refractivity contribution in [2.24, 2.45) is 5.92 Å². The first-order valence-corrected chi connectivity index (χ1v) is 15.2. The summed E-state index contributed by atoms with van der Waals surface area (Å²) in [5.74, 6) is 0.730. The summed E-state index contributed by atoms with van der Waals surface area (Å²) in [6.07, 6.45) is 7.57. The summed E-state index contributed by atoms with van der Waals surface area (Å²) in [5.41, 5.74) is 5.71. The lowest BCUT2D eigenvalue weighted by Crippen LogP contribution is -2.62. The fourth-order valence-corrected chi connectivity index (χ4v) is 8.01. The fourth-order valence-electron chi connectivity index (χ4n) is 7.08. The molecule has 1 aromatic rings. The Kier molecular flexibility index (Phi) is 4.36. The average molecular weight is 449 g/mol. The van der Waals surface area contributed by atoms with Gasteiger partial charge in [-0.25, -0.2) is 0 Å². The Balaban J connectivity index is 1.38. The van der Waals surface area contributed by atoms with E-state index in [1.165, 1.54) is 28.8 Å². The molecule has 1 saturated carbocycles. The largest absolute Gasteiger partial charge is 0.413 e. The van der Waals surface area contributed by atoms with Gasteiger partial charge < -0.3 is 9.33 Å². The van der Waals surface area contributed by atoms with E-state index >= 15 is 0 Å². The van der Waals surface area contributed by atoms with Gasteiger partial charge in [-0.3, -0.25) is 9.69 Å². The number of carbonyl (C=O) groups is 1. The van der Waals surface area contributed by atoms with Crippen molar-refractivity contribution < 1.29 is 9.22 Å². The van der Waals surface area contributed by atoms with Crippen molar-refractivity contribution in [3.63, 3.8) is 0 Å². The van der Waals surface area contributed by atoms with E-state index in [4.69, 9.17) is 4.43 Å². The zero-order valence-electron chi connectivity index (χ0n) is 20.1. The van der Waals surface area contributed by atoms with Crippen molar-refractivity contribution >= 4 is 19.9 Å². The first-order valence-electron chi connectivity index (χ1n) is 12.3. The molecule has 1 aromatic carbocycles. The topological polar surface area (TPSA) is 32.8 Å². The number of para-hydroxylation sites is 1. The number of rotatable bonds is 3. The second-order valence-corrected chi connectivity index (χ2v) is 16.8. The molecule has 5 heteroatoms. The zero-order chi connectivity index (χ0) is 22.5. The van der Waals surface area contributed by atoms with Crippen LogP contribution < -0.4 is 4.90 Å². The van der Waals surface area contributed by atoms with Crippen molar-refractivity contribution in [1.82, 2.24) is 4.90 Å². The van der Waals surface area contributed by atoms with E-state index in [0.29, 0.717) is 25.0 Å². The van der Waals surface area contributed by atoms with Crippen LogP contribution in [0.5, 0.6) is 0 Å². The molecule has 1 spiro atoms. The summed E-state index contributed by atoms with van der Waals surface area (Å²) in [7, 11) is -1.76. The maximum absolute atomic E-state index is 13.2. The highest BCUT2D eigenvalue weighted by atomic mass is 28.4. The summed E-state index contributed by atoms with van der Waals surface area (Å²) in [6.45, 7) is 14.5. The van der Waals surface area contributed by atoms with Crippen molar-refractivity contribution in [3.8, 4) is 0 Å². The van der Waals surface area contributed by atoms with E-state index < -0.39 is 8.32 Å². The fraction of sp³-hybridized carbons (Fsp3) is 0.593. The predicted molar refractivity (Wildman–Crippen MR) is 131 cm³/mol. The van der Waals surface area contributed by atoms with Gasteiger partial charge in [-0.1, -0.05) is 56.7 Å². The third kappa shape index (κ3) is 2.59. The van der Waals surface area contributed by atoms with E-state index in [2.05, 4.69) is 80.1 Å². The highest BCUT2D eigenvalue weighted by Crippen LogP contribution is 2.63. The van der Waals surface area contributed by atoms with Crippen LogP contribution in [0.2, 0.25) is 18.1 Å². The zero-order valence-corrected chi connectivity index (χ0v) is 21.1. The first-order chi connectivity index (χ1) is 15.1. The molecule has 0 aromatic heterocycles. The SMILES string of the molecule is CC(C)(C)[Si](C)(C)OC/C=C1/CN2CC[C@@]34c5ccccc5N5C(=O)CC=C([C@H]1CC23)[C@H]54. The number of piperidine rings is 1. The molecule has 32 heavy (non-hydrogen) atoms. The summed E-state index contributed by atoms with van der Waals surface area (Å²) in [6, 6.07) is 9.49. The average Bonchev–Trinajstić information content (AvgIpc) is 3.28. The number of hydrogen-bond acceptors (Lipinski definition) is 3. The minimum atomic E-state index is -1.76. The molecule has 170 valence electrons. The Labute approximate surface area is 193 Å². The number of anilines is 1. The predicted octanol–water partition coefficient (Wildman–Crippen LogP) is 5.03. The first kappa shape index (κ1) is 20.9. The molecule has 1 unspecified atom stereocenters. The second kappa shape index (κ2) is 6.68. The van der Waals surface area contributed by atoms with Crippen LogP contribution in [0.15, 0.2) is 47.6 Å². The molecular formula is C27H36N2O2Si. The van der Waals surface area contributed by atoms with Gasteiger partial charge in [-0.2, -0.15) is 0 Å². The van der Waals surface area contributed by atoms with E-state index in [0.717, 1.165) is 19.5 Å². The molecule has 0 N–H and O–H groups in total. The number of benzene rings is 1. The second-order valence-electron chi connectivity index (χ2n) is 12.0. The smallest absolute Gasteiger partial charge is 0.231 e. The summed E-state index contributed by atoms with van der Waals surface area (Å²) in [5, 5.41) is 0.227. The van der Waals surface area contributed by atoms with E-state index in [9.17, 15) is 4.79 Å². The molecule has 3 fully saturated rings. The molecule has 1 aliphatic carbocycles. The van der Waals surface area contributed by atoms with Crippen molar-refractivity contribution in [1.29, 1.82) is 0 Å². The normalized spacial score (nSPS) is 34.6. The quantitative estimate of drug-likeness (QED) is 0.480. The van der Waals surface area contributed by atoms with Crippen molar-refractivity contribution in [3.05, 3.63) is 53.1 Å². The van der Waals surface area contributed by atoms with Gasteiger partial charge in [0.05, 0.1) is 12.6 Å². The number of fused-ring (bicyclic) bond motifs is 4. The molecule has 5 aliphatic rings. The lowest BCUT2D eigenvalue weighted by molar-refractivity contribution is -0.118. The molecule has 2 saturated heterocycles. The van der Waals surface area contributed by atoms with Crippen LogP contribution in [-0.4, -0.2) is 50.9 Å². The van der Waals surface area contributed by atoms with E-state index in [1.54, 1.807) is 0 Å². The summed E-state index contributed by atoms with van der Waals surface area (Å²) >= 11 is 0. The van der Waals surface area contributed by atoms with Crippen LogP contribution in [0.1, 0.15) is 45.6 Å². The monoisotopic (exact) mass is 448 g/mol. The van der Waals surface area contributed by atoms with Gasteiger partial charge in [0.2, 0.25) is 5.91 Å². The molecule has 4 nitrogen and oxygen atoms in total. The van der Waals surface area contributed by atoms with Crippen LogP contribution in [0.25, 0.3) is 0 Å². The maximum Gasteiger partial charge on any atom is 0.231 e. The molecule has 1 amide bonds. The molecule has 6 rings (SSSR count). The van der Waals surface area contributed by atoms with Gasteiger partial charge in [0, 0.05) is 36.0 Å². The molecule has 4 heterocycles. The summed E-state index contributed by atoms with van der Waals surface area (Å²) in [4.78, 5) is 18.1. The Bertz CT molecular complexity index is 1050. The van der Waals surface area contributed by atoms with Crippen LogP contribution in [0.4, 0.5) is 5.69 Å². The summed E-state index contributed by atoms with van der Waals surface area (Å²) < 4.78 is 6.53. The van der Waals surface area contributed by atoms with Crippen LogP contribution in [0.3, 0.4) is 0 Å². The Hall–Kier alpha value is -1.69. The highest BCUT2D eigenvalue weighted by molar-refractivity contribution is 6.74. The van der Waals surface area contributed by atoms with E-state index in [-0.39, 0.29) is 22.4 Å². The lowest BCUT2D eigenvalue weighted by Gasteiger charge is -2.54. The Morgan fingerprint density at radius 2 is 2.03 bits per heavy atom. The van der Waals surface area contributed by atoms with Gasteiger partial charge in [0.15, 0.2) is 8.32 Å². The van der Waals surface area contributed by atoms with Crippen LogP contribution in [-0.2, 0) is 14.6 Å². The number of amides is 1. The minimum absolute atomic E-state index is 0.0815. The number of hydrogen-bond donors (Lipinski definition) is 0. The van der Waals surface area contributed by atoms with Crippen LogP contribution >= 0.6 is 0 Å². The van der Waals surface area contributed by atoms with Gasteiger partial charge in [0.1, 0.15) is 0 Å². The standard InChI is InChI=1S/C27H36N2O2Si/c1-26(2,3)32(4,5)31-15-12-18-17-28-14-13-27-21-8-6-7-9-22(21)29-24(30)11-10-19(25(27)29)20(18)16-23(27)28/h6-10,12,20,23,25H,11,13-17H2,1-5H3/b18-12-/t20-,23?,25-,27+/m0/s1. The minimum Gasteiger partial charge on any atom is -0.413 e. The van der Waals surface area contributed by atoms with Gasteiger partial charge >= 0.3 is 0 Å². The van der Waals surface area contributed by atoms with Gasteiger partial charge in [0.25, 0.3) is 0 Å². The molecule has 4 atom stereocenters. The van der Waals surface area contributed by atoms with E-state index in [1.807, 2.05) is 0 Å². The maximum atomic E-state index is 13.2. The number of carbonyl (C=O) groups excluding carboxylic acids is 1. The third-order valence-electron chi connectivity index (χ3n) is 9.65. The van der Waals surface area contributed by atoms with Gasteiger partial charge in [-0.05, 0) is 54.7 Å². The Morgan fingerprint density at radius 3 is 2.81 bits per heavy atom. The van der Waals surface area contributed by atoms with Crippen molar-refractivity contribution in [2.45, 2.75) is 75.7 Å². The number of nitrogens with zero attached hydrogens (tertiary/aromatic N) is 2. The Morgan fingerprint density at radius 1 is 1.25 bits per heavy atom. The van der Waals surface area contributed by atoms with Crippen LogP contribution in [0, 0.1) is 5.92 Å². The molecule has 0 radical (unpaired) electrons. The molecule has 2 bridgehead atoms.